The summed E-state index contributed by atoms with van der Waals surface area (Å²) in [6, 6.07) is 0. The number of halogens is 1. The van der Waals surface area contributed by atoms with Crippen LogP contribution in [0.15, 0.2) is 0 Å². The standard InChI is InChI=1S/C14H17IO2/c1-9(16)17-14(2-3-15)12-5-10-4-11(7-12)8-13(14)6-10/h10-13H,4-8H2,1H3. The molecule has 0 aromatic carbocycles. The van der Waals surface area contributed by atoms with Gasteiger partial charge in [0.25, 0.3) is 0 Å². The van der Waals surface area contributed by atoms with Crippen molar-refractivity contribution in [3.05, 3.63) is 0 Å². The van der Waals surface area contributed by atoms with E-state index in [4.69, 9.17) is 4.74 Å². The third-order valence-corrected chi connectivity index (χ3v) is 5.18. The Labute approximate surface area is 116 Å². The van der Waals surface area contributed by atoms with E-state index in [2.05, 4.69) is 32.4 Å². The van der Waals surface area contributed by atoms with Gasteiger partial charge in [-0.15, -0.1) is 0 Å². The predicted molar refractivity (Wildman–Crippen MR) is 73.3 cm³/mol. The SMILES string of the molecule is CC(=O)OC1(C#CI)C2CC3CC(C2)CC1C3. The first-order chi connectivity index (χ1) is 8.14. The molecule has 4 fully saturated rings. The van der Waals surface area contributed by atoms with Gasteiger partial charge in [-0.25, -0.2) is 0 Å². The van der Waals surface area contributed by atoms with Gasteiger partial charge in [-0.1, -0.05) is 0 Å². The minimum atomic E-state index is -0.444. The largest absolute Gasteiger partial charge is 0.445 e. The molecule has 0 aromatic rings. The zero-order valence-electron chi connectivity index (χ0n) is 10.0. The molecule has 0 heterocycles. The van der Waals surface area contributed by atoms with E-state index >= 15 is 0 Å². The average Bonchev–Trinajstić information content (AvgIpc) is 2.24. The summed E-state index contributed by atoms with van der Waals surface area (Å²) in [6.45, 7) is 1.52. The summed E-state index contributed by atoms with van der Waals surface area (Å²) in [5, 5.41) is 0. The second kappa shape index (κ2) is 4.15. The summed E-state index contributed by atoms with van der Waals surface area (Å²) in [5.41, 5.74) is -0.444. The Kier molecular flexibility index (Phi) is 2.89. The maximum atomic E-state index is 11.4. The van der Waals surface area contributed by atoms with Gasteiger partial charge < -0.3 is 4.74 Å². The van der Waals surface area contributed by atoms with E-state index in [9.17, 15) is 4.79 Å². The molecule has 0 radical (unpaired) electrons. The maximum absolute atomic E-state index is 11.4. The third-order valence-electron chi connectivity index (χ3n) is 4.91. The summed E-state index contributed by atoms with van der Waals surface area (Å²) in [4.78, 5) is 11.4. The Bertz CT molecular complexity index is 376. The van der Waals surface area contributed by atoms with E-state index in [0.717, 1.165) is 11.8 Å². The van der Waals surface area contributed by atoms with Crippen molar-refractivity contribution in [2.45, 2.75) is 44.6 Å². The lowest BCUT2D eigenvalue weighted by molar-refractivity contribution is -0.187. The minimum absolute atomic E-state index is 0.170. The number of hydrogen-bond acceptors (Lipinski definition) is 2. The van der Waals surface area contributed by atoms with Gasteiger partial charge in [0.2, 0.25) is 0 Å². The van der Waals surface area contributed by atoms with Crippen molar-refractivity contribution < 1.29 is 9.53 Å². The van der Waals surface area contributed by atoms with Crippen molar-refractivity contribution in [2.24, 2.45) is 23.7 Å². The number of ether oxygens (including phenoxy) is 1. The van der Waals surface area contributed by atoms with Crippen molar-refractivity contribution in [3.8, 4) is 9.85 Å². The molecule has 17 heavy (non-hydrogen) atoms. The highest BCUT2D eigenvalue weighted by Gasteiger charge is 2.58. The van der Waals surface area contributed by atoms with Gasteiger partial charge in [0.15, 0.2) is 5.60 Å². The molecule has 0 spiro atoms. The number of carbonyl (C=O) groups excluding carboxylic acids is 1. The van der Waals surface area contributed by atoms with Crippen LogP contribution in [0.2, 0.25) is 0 Å². The highest BCUT2D eigenvalue weighted by Crippen LogP contribution is 2.59. The number of hydrogen-bond donors (Lipinski definition) is 0. The molecule has 0 unspecified atom stereocenters. The second-order valence-electron chi connectivity index (χ2n) is 5.91. The van der Waals surface area contributed by atoms with Crippen LogP contribution in [-0.2, 0) is 9.53 Å². The van der Waals surface area contributed by atoms with Gasteiger partial charge in [-0.3, -0.25) is 4.79 Å². The van der Waals surface area contributed by atoms with Gasteiger partial charge >= 0.3 is 5.97 Å². The highest BCUT2D eigenvalue weighted by molar-refractivity contribution is 14.1. The average molecular weight is 344 g/mol. The summed E-state index contributed by atoms with van der Waals surface area (Å²) in [6.07, 6.45) is 6.26. The Morgan fingerprint density at radius 2 is 1.71 bits per heavy atom. The molecule has 2 nitrogen and oxygen atoms in total. The fraction of sp³-hybridized carbons (Fsp3) is 0.786. The molecule has 92 valence electrons. The number of rotatable bonds is 1. The van der Waals surface area contributed by atoms with Crippen molar-refractivity contribution in [1.82, 2.24) is 0 Å². The molecule has 0 atom stereocenters. The van der Waals surface area contributed by atoms with Crippen molar-refractivity contribution >= 4 is 28.6 Å². The van der Waals surface area contributed by atoms with Gasteiger partial charge in [0.1, 0.15) is 0 Å². The first-order valence-electron chi connectivity index (χ1n) is 6.46. The van der Waals surface area contributed by atoms with Gasteiger partial charge in [0, 0.05) is 41.4 Å². The number of esters is 1. The maximum Gasteiger partial charge on any atom is 0.304 e. The van der Waals surface area contributed by atoms with Crippen LogP contribution in [-0.4, -0.2) is 11.6 Å². The summed E-state index contributed by atoms with van der Waals surface area (Å²) >= 11 is 2.07. The number of carbonyl (C=O) groups is 1. The normalized spacial score (nSPS) is 46.2. The van der Waals surface area contributed by atoms with Crippen LogP contribution in [0, 0.1) is 33.5 Å². The van der Waals surface area contributed by atoms with E-state index in [1.54, 1.807) is 0 Å². The fourth-order valence-corrected chi connectivity index (χ4v) is 5.01. The Morgan fingerprint density at radius 1 is 1.18 bits per heavy atom. The molecule has 0 N–H and O–H groups in total. The van der Waals surface area contributed by atoms with E-state index < -0.39 is 5.60 Å². The summed E-state index contributed by atoms with van der Waals surface area (Å²) < 4.78 is 8.72. The summed E-state index contributed by atoms with van der Waals surface area (Å²) in [7, 11) is 0. The molecule has 4 rings (SSSR count). The molecule has 4 saturated carbocycles. The first kappa shape index (κ1) is 11.8. The first-order valence-corrected chi connectivity index (χ1v) is 7.54. The van der Waals surface area contributed by atoms with Crippen LogP contribution < -0.4 is 0 Å². The molecule has 0 saturated heterocycles. The molecular weight excluding hydrogens is 327 g/mol. The zero-order valence-corrected chi connectivity index (χ0v) is 12.2. The van der Waals surface area contributed by atoms with Gasteiger partial charge in [-0.2, -0.15) is 0 Å². The Hall–Kier alpha value is -0.240. The smallest absolute Gasteiger partial charge is 0.304 e. The topological polar surface area (TPSA) is 26.3 Å². The monoisotopic (exact) mass is 344 g/mol. The van der Waals surface area contributed by atoms with E-state index in [1.165, 1.54) is 39.0 Å². The molecule has 4 aliphatic rings. The Balaban J connectivity index is 1.97. The van der Waals surface area contributed by atoms with Crippen molar-refractivity contribution in [2.75, 3.05) is 0 Å². The van der Waals surface area contributed by atoms with Crippen LogP contribution in [0.5, 0.6) is 0 Å². The van der Waals surface area contributed by atoms with Crippen molar-refractivity contribution in [1.29, 1.82) is 0 Å². The lowest BCUT2D eigenvalue weighted by atomic mass is 9.50. The fourth-order valence-electron chi connectivity index (χ4n) is 4.59. The lowest BCUT2D eigenvalue weighted by Crippen LogP contribution is -2.58. The van der Waals surface area contributed by atoms with Crippen molar-refractivity contribution in [3.63, 3.8) is 0 Å². The molecule has 3 heteroatoms. The van der Waals surface area contributed by atoms with Crippen LogP contribution in [0.3, 0.4) is 0 Å². The molecule has 4 bridgehead atoms. The second-order valence-corrected chi connectivity index (χ2v) is 6.45. The molecule has 4 aliphatic carbocycles. The quantitative estimate of drug-likeness (QED) is 0.415. The lowest BCUT2D eigenvalue weighted by Gasteiger charge is -2.58. The van der Waals surface area contributed by atoms with Crippen LogP contribution in [0.1, 0.15) is 39.0 Å². The minimum Gasteiger partial charge on any atom is -0.445 e. The van der Waals surface area contributed by atoms with E-state index in [1.807, 2.05) is 0 Å². The van der Waals surface area contributed by atoms with E-state index in [0.29, 0.717) is 11.8 Å². The van der Waals surface area contributed by atoms with E-state index in [-0.39, 0.29) is 5.97 Å². The summed E-state index contributed by atoms with van der Waals surface area (Å²) in [5.74, 6) is 5.82. The molecule has 0 aliphatic heterocycles. The molecule has 0 aromatic heterocycles. The Morgan fingerprint density at radius 3 is 2.12 bits per heavy atom. The van der Waals surface area contributed by atoms with Crippen LogP contribution >= 0.6 is 22.6 Å². The highest BCUT2D eigenvalue weighted by atomic mass is 127. The predicted octanol–water partition coefficient (Wildman–Crippen LogP) is 3.14. The van der Waals surface area contributed by atoms with Gasteiger partial charge in [0.05, 0.1) is 0 Å². The zero-order chi connectivity index (χ0) is 12.0. The van der Waals surface area contributed by atoms with Crippen LogP contribution in [0.25, 0.3) is 0 Å². The molecular formula is C14H17IO2. The van der Waals surface area contributed by atoms with Crippen LogP contribution in [0.4, 0.5) is 0 Å². The molecule has 0 amide bonds. The van der Waals surface area contributed by atoms with Gasteiger partial charge in [-0.05, 0) is 53.8 Å². The third kappa shape index (κ3) is 1.80.